The Balaban J connectivity index is 1.42. The number of carbonyl (C=O) groups excluding carboxylic acids is 1. The van der Waals surface area contributed by atoms with Gasteiger partial charge < -0.3 is 15.6 Å². The number of nitrogens with zero attached hydrogens (tertiary/aromatic N) is 2. The minimum absolute atomic E-state index is 0.0255. The number of rotatable bonds is 4. The Morgan fingerprint density at radius 2 is 1.97 bits per heavy atom. The summed E-state index contributed by atoms with van der Waals surface area (Å²) in [6.45, 7) is 5.13. The number of anilines is 1. The van der Waals surface area contributed by atoms with E-state index in [0.717, 1.165) is 46.9 Å². The average molecular weight is 422 g/mol. The van der Waals surface area contributed by atoms with Crippen molar-refractivity contribution in [2.24, 2.45) is 0 Å². The first-order valence-corrected chi connectivity index (χ1v) is 11.0. The first-order chi connectivity index (χ1) is 14.8. The summed E-state index contributed by atoms with van der Waals surface area (Å²) in [5.41, 5.74) is 3.18. The Morgan fingerprint density at radius 3 is 2.77 bits per heavy atom. The lowest BCUT2D eigenvalue weighted by Crippen LogP contribution is -2.43. The number of nitrogens with one attached hydrogen (secondary N) is 3. The number of aromatic amines is 1. The van der Waals surface area contributed by atoms with Crippen LogP contribution in [-0.4, -0.2) is 39.6 Å². The predicted octanol–water partition coefficient (Wildman–Crippen LogP) is 4.73. The zero-order valence-corrected chi connectivity index (χ0v) is 18.0. The molecule has 162 valence electrons. The highest BCUT2D eigenvalue weighted by Gasteiger charge is 2.32. The Hall–Kier alpha value is -2.96. The summed E-state index contributed by atoms with van der Waals surface area (Å²) < 4.78 is 14.9. The van der Waals surface area contributed by atoms with Crippen LogP contribution in [0.5, 0.6) is 0 Å². The molecule has 7 heteroatoms. The molecule has 1 amide bonds. The fourth-order valence-electron chi connectivity index (χ4n) is 4.79. The van der Waals surface area contributed by atoms with E-state index in [-0.39, 0.29) is 17.9 Å². The Labute approximate surface area is 181 Å². The standard InChI is InChI=1S/C24H28FN5O/c1-23(2)13-28-21(31)16-7-6-15(10-19(16)23)17-11-26-20-18(17)12-27-22(30-20)29-14-24(25)8-4-3-5-9-24/h6-7,10-12H,3-5,8-9,13-14H2,1-2H3,(H,28,31)(H2,26,27,29,30). The van der Waals surface area contributed by atoms with Crippen LogP contribution in [0.2, 0.25) is 0 Å². The van der Waals surface area contributed by atoms with Crippen LogP contribution in [0.4, 0.5) is 10.3 Å². The van der Waals surface area contributed by atoms with Crippen LogP contribution >= 0.6 is 0 Å². The number of hydrogen-bond donors (Lipinski definition) is 3. The van der Waals surface area contributed by atoms with Gasteiger partial charge in [0.15, 0.2) is 0 Å². The monoisotopic (exact) mass is 421 g/mol. The molecule has 0 atom stereocenters. The van der Waals surface area contributed by atoms with Crippen molar-refractivity contribution in [2.75, 3.05) is 18.4 Å². The Morgan fingerprint density at radius 1 is 1.16 bits per heavy atom. The largest absolute Gasteiger partial charge is 0.351 e. The molecule has 2 aromatic heterocycles. The second kappa shape index (κ2) is 7.32. The lowest BCUT2D eigenvalue weighted by molar-refractivity contribution is 0.0930. The molecule has 1 fully saturated rings. The third-order valence-corrected chi connectivity index (χ3v) is 6.74. The highest BCUT2D eigenvalue weighted by molar-refractivity contribution is 5.99. The number of amides is 1. The van der Waals surface area contributed by atoms with E-state index in [1.54, 1.807) is 6.20 Å². The summed E-state index contributed by atoms with van der Waals surface area (Å²) in [7, 11) is 0. The van der Waals surface area contributed by atoms with Gasteiger partial charge in [0.25, 0.3) is 5.91 Å². The smallest absolute Gasteiger partial charge is 0.251 e. The van der Waals surface area contributed by atoms with Crippen molar-refractivity contribution in [3.8, 4) is 11.1 Å². The number of fused-ring (bicyclic) bond motifs is 2. The van der Waals surface area contributed by atoms with Crippen molar-refractivity contribution >= 4 is 22.9 Å². The Bertz CT molecular complexity index is 1150. The maximum absolute atomic E-state index is 14.9. The summed E-state index contributed by atoms with van der Waals surface area (Å²) in [5.74, 6) is 0.411. The van der Waals surface area contributed by atoms with E-state index >= 15 is 0 Å². The van der Waals surface area contributed by atoms with Crippen LogP contribution in [0.3, 0.4) is 0 Å². The van der Waals surface area contributed by atoms with E-state index < -0.39 is 5.67 Å². The molecule has 6 nitrogen and oxygen atoms in total. The topological polar surface area (TPSA) is 82.7 Å². The van der Waals surface area contributed by atoms with Crippen LogP contribution in [-0.2, 0) is 5.41 Å². The number of aromatic nitrogens is 3. The molecule has 0 unspecified atom stereocenters. The third-order valence-electron chi connectivity index (χ3n) is 6.74. The van der Waals surface area contributed by atoms with Crippen molar-refractivity contribution in [3.05, 3.63) is 41.7 Å². The van der Waals surface area contributed by atoms with Gasteiger partial charge in [-0.05, 0) is 36.1 Å². The predicted molar refractivity (Wildman–Crippen MR) is 120 cm³/mol. The van der Waals surface area contributed by atoms with Crippen LogP contribution in [0.25, 0.3) is 22.2 Å². The molecule has 1 aromatic carbocycles. The second-order valence-electron chi connectivity index (χ2n) is 9.55. The first-order valence-electron chi connectivity index (χ1n) is 11.0. The molecule has 3 aromatic rings. The lowest BCUT2D eigenvalue weighted by Gasteiger charge is -2.32. The number of H-pyrrole nitrogens is 1. The highest BCUT2D eigenvalue weighted by atomic mass is 19.1. The van der Waals surface area contributed by atoms with Crippen LogP contribution in [0.1, 0.15) is 61.9 Å². The zero-order chi connectivity index (χ0) is 21.6. The quantitative estimate of drug-likeness (QED) is 0.569. The van der Waals surface area contributed by atoms with E-state index in [2.05, 4.69) is 45.5 Å². The van der Waals surface area contributed by atoms with Crippen molar-refractivity contribution < 1.29 is 9.18 Å². The molecule has 0 saturated heterocycles. The van der Waals surface area contributed by atoms with Gasteiger partial charge in [0.05, 0.1) is 6.54 Å². The SMILES string of the molecule is CC1(C)CNC(=O)c2ccc(-c3c[nH]c4nc(NCC5(F)CCCCC5)ncc34)cc21. The number of hydrogen-bond acceptors (Lipinski definition) is 4. The van der Waals surface area contributed by atoms with Crippen molar-refractivity contribution in [2.45, 2.75) is 57.0 Å². The van der Waals surface area contributed by atoms with Gasteiger partial charge in [-0.25, -0.2) is 9.37 Å². The van der Waals surface area contributed by atoms with E-state index in [4.69, 9.17) is 0 Å². The fourth-order valence-corrected chi connectivity index (χ4v) is 4.79. The maximum atomic E-state index is 14.9. The molecule has 1 aliphatic heterocycles. The molecule has 0 spiro atoms. The van der Waals surface area contributed by atoms with Gasteiger partial charge in [-0.3, -0.25) is 4.79 Å². The van der Waals surface area contributed by atoms with Crippen LogP contribution in [0, 0.1) is 0 Å². The van der Waals surface area contributed by atoms with Crippen LogP contribution in [0.15, 0.2) is 30.6 Å². The summed E-state index contributed by atoms with van der Waals surface area (Å²) in [6, 6.07) is 5.95. The van der Waals surface area contributed by atoms with Gasteiger partial charge in [-0.15, -0.1) is 0 Å². The summed E-state index contributed by atoms with van der Waals surface area (Å²) in [6.07, 6.45) is 7.89. The van der Waals surface area contributed by atoms with E-state index in [1.165, 1.54) is 0 Å². The van der Waals surface area contributed by atoms with Crippen LogP contribution < -0.4 is 10.6 Å². The summed E-state index contributed by atoms with van der Waals surface area (Å²) in [5, 5.41) is 6.95. The number of benzene rings is 1. The molecule has 5 rings (SSSR count). The summed E-state index contributed by atoms with van der Waals surface area (Å²) in [4.78, 5) is 24.5. The highest BCUT2D eigenvalue weighted by Crippen LogP contribution is 2.36. The first kappa shape index (κ1) is 20.0. The van der Waals surface area contributed by atoms with Gasteiger partial charge >= 0.3 is 0 Å². The normalized spacial score (nSPS) is 19.6. The minimum Gasteiger partial charge on any atom is -0.351 e. The molecule has 3 N–H and O–H groups in total. The molecule has 3 heterocycles. The number of alkyl halides is 1. The van der Waals surface area contributed by atoms with Crippen molar-refractivity contribution in [1.29, 1.82) is 0 Å². The molecule has 1 saturated carbocycles. The van der Waals surface area contributed by atoms with E-state index in [1.807, 2.05) is 18.3 Å². The zero-order valence-electron chi connectivity index (χ0n) is 18.0. The number of carbonyl (C=O) groups is 1. The van der Waals surface area contributed by atoms with Gasteiger partial charge in [0.2, 0.25) is 5.95 Å². The molecular formula is C24H28FN5O. The van der Waals surface area contributed by atoms with Gasteiger partial charge in [-0.2, -0.15) is 4.98 Å². The molecule has 0 bridgehead atoms. The second-order valence-corrected chi connectivity index (χ2v) is 9.55. The third kappa shape index (κ3) is 3.66. The van der Waals surface area contributed by atoms with Gasteiger partial charge in [-0.1, -0.05) is 39.2 Å². The average Bonchev–Trinajstić information content (AvgIpc) is 3.19. The van der Waals surface area contributed by atoms with E-state index in [0.29, 0.717) is 31.0 Å². The minimum atomic E-state index is -1.17. The van der Waals surface area contributed by atoms with Gasteiger partial charge in [0, 0.05) is 40.9 Å². The number of halogens is 1. The molecule has 1 aliphatic carbocycles. The maximum Gasteiger partial charge on any atom is 0.251 e. The lowest BCUT2D eigenvalue weighted by atomic mass is 9.78. The molecule has 2 aliphatic rings. The Kier molecular flexibility index (Phi) is 4.72. The molecule has 0 radical (unpaired) electrons. The van der Waals surface area contributed by atoms with Gasteiger partial charge in [0.1, 0.15) is 11.3 Å². The van der Waals surface area contributed by atoms with Crippen molar-refractivity contribution in [1.82, 2.24) is 20.3 Å². The molecular weight excluding hydrogens is 393 g/mol. The molecule has 31 heavy (non-hydrogen) atoms. The van der Waals surface area contributed by atoms with Crippen molar-refractivity contribution in [3.63, 3.8) is 0 Å². The summed E-state index contributed by atoms with van der Waals surface area (Å²) >= 11 is 0. The fraction of sp³-hybridized carbons (Fsp3) is 0.458. The van der Waals surface area contributed by atoms with E-state index in [9.17, 15) is 9.18 Å².